The fourth-order valence-corrected chi connectivity index (χ4v) is 5.44. The Balaban J connectivity index is 1.53. The largest absolute Gasteiger partial charge is 0.466 e. The number of hydrogen-bond donors (Lipinski definition) is 1. The van der Waals surface area contributed by atoms with Crippen LogP contribution in [-0.2, 0) is 33.5 Å². The van der Waals surface area contributed by atoms with Crippen LogP contribution in [0.2, 0.25) is 10.0 Å². The van der Waals surface area contributed by atoms with Crippen molar-refractivity contribution in [3.63, 3.8) is 0 Å². The van der Waals surface area contributed by atoms with Gasteiger partial charge in [0.25, 0.3) is 0 Å². The van der Waals surface area contributed by atoms with E-state index in [4.69, 9.17) is 32.7 Å². The molecule has 5 nitrogen and oxygen atoms in total. The lowest BCUT2D eigenvalue weighted by Gasteiger charge is -2.28. The van der Waals surface area contributed by atoms with Crippen LogP contribution in [0.25, 0.3) is 0 Å². The molecule has 1 fully saturated rings. The van der Waals surface area contributed by atoms with Crippen molar-refractivity contribution in [3.05, 3.63) is 68.7 Å². The van der Waals surface area contributed by atoms with E-state index < -0.39 is 6.10 Å². The van der Waals surface area contributed by atoms with Crippen LogP contribution >= 0.6 is 23.2 Å². The number of ether oxygens (including phenoxy) is 2. The number of nitrogens with zero attached hydrogens (tertiary/aromatic N) is 1. The Labute approximate surface area is 225 Å². The predicted molar refractivity (Wildman–Crippen MR) is 146 cm³/mol. The second-order valence-corrected chi connectivity index (χ2v) is 10.4. The molecule has 0 saturated carbocycles. The number of likely N-dealkylation sites (tertiary alicyclic amines) is 1. The third-order valence-corrected chi connectivity index (χ3v) is 7.50. The molecule has 0 spiro atoms. The van der Waals surface area contributed by atoms with E-state index >= 15 is 0 Å². The minimum atomic E-state index is -0.584. The predicted octanol–water partition coefficient (Wildman–Crippen LogP) is 6.20. The molecule has 2 unspecified atom stereocenters. The normalized spacial score (nSPS) is 17.8. The maximum atomic E-state index is 11.8. The monoisotopic (exact) mass is 535 g/mol. The summed E-state index contributed by atoms with van der Waals surface area (Å²) in [6, 6.07) is 12.4. The Morgan fingerprint density at radius 2 is 1.97 bits per heavy atom. The first kappa shape index (κ1) is 28.9. The first-order valence-corrected chi connectivity index (χ1v) is 13.8. The van der Waals surface area contributed by atoms with Crippen molar-refractivity contribution in [2.75, 3.05) is 26.3 Å². The Hall–Kier alpha value is -1.63. The summed E-state index contributed by atoms with van der Waals surface area (Å²) in [5, 5.41) is 12.2. The number of carbonyl (C=O) groups is 1. The van der Waals surface area contributed by atoms with Crippen molar-refractivity contribution in [3.8, 4) is 0 Å². The van der Waals surface area contributed by atoms with Crippen molar-refractivity contribution in [2.45, 2.75) is 77.5 Å². The number of rotatable bonds is 13. The van der Waals surface area contributed by atoms with E-state index in [9.17, 15) is 9.90 Å². The van der Waals surface area contributed by atoms with Gasteiger partial charge in [0.2, 0.25) is 0 Å². The molecule has 0 aliphatic carbocycles. The summed E-state index contributed by atoms with van der Waals surface area (Å²) in [5.74, 6) is -0.225. The fourth-order valence-electron chi connectivity index (χ4n) is 4.99. The van der Waals surface area contributed by atoms with Gasteiger partial charge in [-0.1, -0.05) is 48.3 Å². The van der Waals surface area contributed by atoms with Gasteiger partial charge < -0.3 is 14.6 Å². The summed E-state index contributed by atoms with van der Waals surface area (Å²) in [7, 11) is 0. The molecule has 2 aromatic rings. The van der Waals surface area contributed by atoms with Crippen molar-refractivity contribution in [1.29, 1.82) is 0 Å². The van der Waals surface area contributed by atoms with Crippen LogP contribution in [0.1, 0.15) is 68.4 Å². The summed E-state index contributed by atoms with van der Waals surface area (Å²) < 4.78 is 11.1. The quantitative estimate of drug-likeness (QED) is 0.309. The van der Waals surface area contributed by atoms with Crippen LogP contribution in [0.15, 0.2) is 36.4 Å². The topological polar surface area (TPSA) is 59.0 Å². The van der Waals surface area contributed by atoms with Crippen molar-refractivity contribution in [2.24, 2.45) is 0 Å². The van der Waals surface area contributed by atoms with Crippen LogP contribution in [0.3, 0.4) is 0 Å². The van der Waals surface area contributed by atoms with Crippen LogP contribution < -0.4 is 0 Å². The standard InChI is InChI=1S/C29H39Cl2NO4/c1-4-22-15-21(8-12-28(22)31)16-25-7-6-14-32(25)18-26(33)19-36-20(3)27-11-10-24(30)17-23(27)9-13-29(34)35-5-2/h8,10-12,15,17,20,25-26,33H,4-7,9,13-14,16,18-19H2,1-3H3/t20?,25-,26?/m0/s1. The zero-order chi connectivity index (χ0) is 26.1. The number of β-amino-alcohol motifs (C(OH)–C–C–N with tert-alkyl or cyclic N) is 1. The maximum Gasteiger partial charge on any atom is 0.306 e. The Bertz CT molecular complexity index is 999. The Morgan fingerprint density at radius 3 is 2.72 bits per heavy atom. The van der Waals surface area contributed by atoms with E-state index in [2.05, 4.69) is 24.0 Å². The number of aliphatic hydroxyl groups excluding tert-OH is 1. The highest BCUT2D eigenvalue weighted by atomic mass is 35.5. The fraction of sp³-hybridized carbons (Fsp3) is 0.552. The second-order valence-electron chi connectivity index (χ2n) is 9.55. The summed E-state index contributed by atoms with van der Waals surface area (Å²) in [6.07, 6.45) is 4.16. The van der Waals surface area contributed by atoms with Crippen molar-refractivity contribution >= 4 is 29.2 Å². The molecule has 0 bridgehead atoms. The lowest BCUT2D eigenvalue weighted by Crippen LogP contribution is -2.39. The van der Waals surface area contributed by atoms with Gasteiger partial charge in [-0.25, -0.2) is 0 Å². The number of hydrogen-bond acceptors (Lipinski definition) is 5. The minimum absolute atomic E-state index is 0.225. The summed E-state index contributed by atoms with van der Waals surface area (Å²) in [5.41, 5.74) is 4.42. The summed E-state index contributed by atoms with van der Waals surface area (Å²) in [4.78, 5) is 14.2. The Morgan fingerprint density at radius 1 is 1.17 bits per heavy atom. The van der Waals surface area contributed by atoms with Gasteiger partial charge in [0.1, 0.15) is 0 Å². The van der Waals surface area contributed by atoms with Gasteiger partial charge in [0, 0.05) is 29.1 Å². The van der Waals surface area contributed by atoms with Gasteiger partial charge in [-0.3, -0.25) is 9.69 Å². The van der Waals surface area contributed by atoms with Crippen LogP contribution in [0.4, 0.5) is 0 Å². The number of aryl methyl sites for hydroxylation is 2. The van der Waals surface area contributed by atoms with Gasteiger partial charge in [0.15, 0.2) is 0 Å². The molecule has 1 aliphatic heterocycles. The van der Waals surface area contributed by atoms with Gasteiger partial charge in [-0.05, 0) is 92.9 Å². The lowest BCUT2D eigenvalue weighted by atomic mass is 9.99. The molecule has 1 N–H and O–H groups in total. The van der Waals surface area contributed by atoms with Crippen LogP contribution in [0, 0.1) is 0 Å². The van der Waals surface area contributed by atoms with E-state index in [0.717, 1.165) is 48.4 Å². The highest BCUT2D eigenvalue weighted by molar-refractivity contribution is 6.31. The van der Waals surface area contributed by atoms with Crippen molar-refractivity contribution < 1.29 is 19.4 Å². The number of esters is 1. The van der Waals surface area contributed by atoms with Gasteiger partial charge in [-0.15, -0.1) is 0 Å². The smallest absolute Gasteiger partial charge is 0.306 e. The summed E-state index contributed by atoms with van der Waals surface area (Å²) in [6.45, 7) is 8.07. The molecule has 0 radical (unpaired) electrons. The molecule has 7 heteroatoms. The SMILES string of the molecule is CCOC(=O)CCc1cc(Cl)ccc1C(C)OCC(O)CN1CCC[C@H]1Cc1ccc(Cl)c(CC)c1. The molecule has 1 heterocycles. The molecule has 3 rings (SSSR count). The lowest BCUT2D eigenvalue weighted by molar-refractivity contribution is -0.143. The van der Waals surface area contributed by atoms with E-state index in [1.807, 2.05) is 31.2 Å². The maximum absolute atomic E-state index is 11.8. The zero-order valence-corrected chi connectivity index (χ0v) is 23.2. The van der Waals surface area contributed by atoms with Gasteiger partial charge >= 0.3 is 5.97 Å². The van der Waals surface area contributed by atoms with Gasteiger partial charge in [-0.2, -0.15) is 0 Å². The average molecular weight is 537 g/mol. The molecule has 36 heavy (non-hydrogen) atoms. The number of halogens is 2. The van der Waals surface area contributed by atoms with Crippen LogP contribution in [0.5, 0.6) is 0 Å². The molecule has 3 atom stereocenters. The molecule has 0 aromatic heterocycles. The molecule has 198 valence electrons. The first-order chi connectivity index (χ1) is 17.3. The third kappa shape index (κ3) is 8.46. The van der Waals surface area contributed by atoms with Gasteiger partial charge in [0.05, 0.1) is 25.4 Å². The highest BCUT2D eigenvalue weighted by Crippen LogP contribution is 2.27. The minimum Gasteiger partial charge on any atom is -0.466 e. The second kappa shape index (κ2) is 14.3. The average Bonchev–Trinajstić information content (AvgIpc) is 3.28. The zero-order valence-electron chi connectivity index (χ0n) is 21.6. The third-order valence-electron chi connectivity index (χ3n) is 6.89. The number of aliphatic hydroxyl groups is 1. The number of benzene rings is 2. The van der Waals surface area contributed by atoms with E-state index in [1.54, 1.807) is 6.92 Å². The molecule has 1 saturated heterocycles. The number of carbonyl (C=O) groups excluding carboxylic acids is 1. The first-order valence-electron chi connectivity index (χ1n) is 13.1. The van der Waals surface area contributed by atoms with Crippen LogP contribution in [-0.4, -0.2) is 54.4 Å². The van der Waals surface area contributed by atoms with E-state index in [0.29, 0.717) is 37.1 Å². The summed E-state index contributed by atoms with van der Waals surface area (Å²) >= 11 is 12.5. The highest BCUT2D eigenvalue weighted by Gasteiger charge is 2.27. The molecule has 0 amide bonds. The molecular formula is C29H39Cl2NO4. The van der Waals surface area contributed by atoms with Crippen molar-refractivity contribution in [1.82, 2.24) is 4.90 Å². The van der Waals surface area contributed by atoms with E-state index in [-0.39, 0.29) is 18.7 Å². The Kier molecular flexibility index (Phi) is 11.5. The molecular weight excluding hydrogens is 497 g/mol. The molecule has 1 aliphatic rings. The van der Waals surface area contributed by atoms with E-state index in [1.165, 1.54) is 11.1 Å². The molecule has 2 aromatic carbocycles.